The molecule has 158 valence electrons. The lowest BCUT2D eigenvalue weighted by atomic mass is 10.2. The van der Waals surface area contributed by atoms with Crippen molar-refractivity contribution in [3.63, 3.8) is 0 Å². The number of thioether (sulfide) groups is 1. The van der Waals surface area contributed by atoms with E-state index in [4.69, 9.17) is 4.74 Å². The van der Waals surface area contributed by atoms with E-state index in [0.29, 0.717) is 49.9 Å². The van der Waals surface area contributed by atoms with E-state index in [2.05, 4.69) is 10.2 Å². The molecule has 1 saturated heterocycles. The summed E-state index contributed by atoms with van der Waals surface area (Å²) in [4.78, 5) is 25.2. The average Bonchev–Trinajstić information content (AvgIpc) is 3.00. The van der Waals surface area contributed by atoms with Crippen LogP contribution in [0.2, 0.25) is 0 Å². The molecule has 0 atom stereocenters. The fraction of sp³-hybridized carbons (Fsp3) is 0.733. The normalized spacial score (nSPS) is 15.0. The van der Waals surface area contributed by atoms with Gasteiger partial charge in [-0.1, -0.05) is 25.6 Å². The summed E-state index contributed by atoms with van der Waals surface area (Å²) < 4.78 is 43.4. The van der Waals surface area contributed by atoms with Gasteiger partial charge in [-0.05, 0) is 5.92 Å². The number of rotatable bonds is 7. The maximum absolute atomic E-state index is 12.1. The molecule has 0 saturated carbocycles. The van der Waals surface area contributed by atoms with Crippen molar-refractivity contribution in [2.24, 2.45) is 5.92 Å². The number of anilines is 1. The molecule has 1 aliphatic rings. The maximum Gasteiger partial charge on any atom is 0.405 e. The number of imide groups is 1. The number of alkyl halides is 3. The summed E-state index contributed by atoms with van der Waals surface area (Å²) in [6.07, 6.45) is -4.54. The lowest BCUT2D eigenvalue weighted by Gasteiger charge is -2.28. The smallest absolute Gasteiger partial charge is 0.378 e. The van der Waals surface area contributed by atoms with Crippen LogP contribution in [0.1, 0.15) is 13.8 Å². The number of carbonyl (C=O) groups excluding carboxylic acids is 2. The number of hydrogen-bond donors (Lipinski definition) is 2. The zero-order valence-corrected chi connectivity index (χ0v) is 16.4. The van der Waals surface area contributed by atoms with Crippen LogP contribution in [-0.2, 0) is 16.1 Å². The maximum atomic E-state index is 12.1. The standard InChI is InChI=1S/C15H23F3N6O3S/c1-10(2)7-24-13(23-3-5-27-6-4-23)21-22-14(24)28-8-11(25)20-12(26)19-9-15(16,17)18/h10H,3-9H2,1-2H3,(H2,19,20,25,26). The monoisotopic (exact) mass is 424 g/mol. The van der Waals surface area contributed by atoms with Crippen LogP contribution in [0.5, 0.6) is 0 Å². The lowest BCUT2D eigenvalue weighted by molar-refractivity contribution is -0.124. The van der Waals surface area contributed by atoms with Crippen LogP contribution in [0.25, 0.3) is 0 Å². The Morgan fingerprint density at radius 2 is 1.93 bits per heavy atom. The summed E-state index contributed by atoms with van der Waals surface area (Å²) in [6, 6.07) is -1.19. The summed E-state index contributed by atoms with van der Waals surface area (Å²) in [5.74, 6) is 0.0790. The van der Waals surface area contributed by atoms with Crippen LogP contribution in [0.3, 0.4) is 0 Å². The van der Waals surface area contributed by atoms with Crippen LogP contribution >= 0.6 is 11.8 Å². The molecule has 3 amide bonds. The van der Waals surface area contributed by atoms with Crippen LogP contribution in [0.15, 0.2) is 5.16 Å². The number of aromatic nitrogens is 3. The van der Waals surface area contributed by atoms with E-state index in [1.807, 2.05) is 28.6 Å². The molecule has 2 N–H and O–H groups in total. The van der Waals surface area contributed by atoms with E-state index >= 15 is 0 Å². The molecule has 0 aromatic carbocycles. The molecule has 1 aromatic heterocycles. The average molecular weight is 424 g/mol. The van der Waals surface area contributed by atoms with Crippen molar-refractivity contribution in [2.75, 3.05) is 43.5 Å². The second kappa shape index (κ2) is 9.96. The minimum Gasteiger partial charge on any atom is -0.378 e. The molecule has 0 spiro atoms. The third kappa shape index (κ3) is 7.19. The number of halogens is 3. The first-order valence-electron chi connectivity index (χ1n) is 8.69. The third-order valence-electron chi connectivity index (χ3n) is 3.57. The van der Waals surface area contributed by atoms with Gasteiger partial charge < -0.3 is 15.0 Å². The van der Waals surface area contributed by atoms with Gasteiger partial charge in [0.05, 0.1) is 19.0 Å². The second-order valence-corrected chi connectivity index (χ2v) is 7.46. The number of carbonyl (C=O) groups is 2. The zero-order chi connectivity index (χ0) is 20.7. The minimum atomic E-state index is -4.54. The van der Waals surface area contributed by atoms with E-state index in [0.717, 1.165) is 11.8 Å². The Labute approximate surface area is 164 Å². The van der Waals surface area contributed by atoms with Crippen molar-refractivity contribution in [2.45, 2.75) is 31.7 Å². The van der Waals surface area contributed by atoms with Gasteiger partial charge in [0.1, 0.15) is 6.54 Å². The highest BCUT2D eigenvalue weighted by Gasteiger charge is 2.28. The molecular formula is C15H23F3N6O3S. The fourth-order valence-electron chi connectivity index (χ4n) is 2.43. The predicted octanol–water partition coefficient (Wildman–Crippen LogP) is 1.25. The Kier molecular flexibility index (Phi) is 7.92. The molecule has 0 aliphatic carbocycles. The molecule has 0 unspecified atom stereocenters. The molecule has 9 nitrogen and oxygen atoms in total. The molecule has 2 heterocycles. The number of urea groups is 1. The predicted molar refractivity (Wildman–Crippen MR) is 96.2 cm³/mol. The van der Waals surface area contributed by atoms with Crippen LogP contribution in [-0.4, -0.2) is 71.5 Å². The lowest BCUT2D eigenvalue weighted by Crippen LogP contribution is -2.44. The molecule has 13 heteroatoms. The van der Waals surface area contributed by atoms with Crippen molar-refractivity contribution in [3.05, 3.63) is 0 Å². The Morgan fingerprint density at radius 1 is 1.25 bits per heavy atom. The molecule has 0 radical (unpaired) electrons. The zero-order valence-electron chi connectivity index (χ0n) is 15.6. The quantitative estimate of drug-likeness (QED) is 0.636. The van der Waals surface area contributed by atoms with Gasteiger partial charge in [-0.25, -0.2) is 4.79 Å². The van der Waals surface area contributed by atoms with Crippen molar-refractivity contribution in [3.8, 4) is 0 Å². The number of nitrogens with one attached hydrogen (secondary N) is 2. The fourth-order valence-corrected chi connectivity index (χ4v) is 3.17. The summed E-state index contributed by atoms with van der Waals surface area (Å²) in [5, 5.41) is 12.3. The van der Waals surface area contributed by atoms with Crippen molar-refractivity contribution in [1.29, 1.82) is 0 Å². The number of amides is 3. The summed E-state index contributed by atoms with van der Waals surface area (Å²) >= 11 is 1.06. The first-order valence-corrected chi connectivity index (χ1v) is 9.67. The van der Waals surface area contributed by atoms with Gasteiger partial charge in [-0.2, -0.15) is 13.2 Å². The summed E-state index contributed by atoms with van der Waals surface area (Å²) in [5.41, 5.74) is 0. The molecule has 0 bridgehead atoms. The Balaban J connectivity index is 1.94. The minimum absolute atomic E-state index is 0.182. The number of morpholine rings is 1. The highest BCUT2D eigenvalue weighted by molar-refractivity contribution is 7.99. The van der Waals surface area contributed by atoms with Gasteiger partial charge in [-0.3, -0.25) is 14.7 Å². The topological polar surface area (TPSA) is 101 Å². The van der Waals surface area contributed by atoms with Crippen LogP contribution in [0.4, 0.5) is 23.9 Å². The number of nitrogens with zero attached hydrogens (tertiary/aromatic N) is 4. The Bertz CT molecular complexity index is 676. The summed E-state index contributed by atoms with van der Waals surface area (Å²) in [7, 11) is 0. The van der Waals surface area contributed by atoms with Crippen LogP contribution < -0.4 is 15.5 Å². The highest BCUT2D eigenvalue weighted by Crippen LogP contribution is 2.24. The SMILES string of the molecule is CC(C)Cn1c(SCC(=O)NC(=O)NCC(F)(F)F)nnc1N1CCOCC1. The first-order chi connectivity index (χ1) is 13.2. The number of hydrogen-bond acceptors (Lipinski definition) is 7. The molecular weight excluding hydrogens is 401 g/mol. The Hall–Kier alpha value is -2.02. The Morgan fingerprint density at radius 3 is 2.54 bits per heavy atom. The van der Waals surface area contributed by atoms with Gasteiger partial charge in [0, 0.05) is 19.6 Å². The third-order valence-corrected chi connectivity index (χ3v) is 4.54. The van der Waals surface area contributed by atoms with Gasteiger partial charge in [0.15, 0.2) is 5.16 Å². The molecule has 1 aliphatic heterocycles. The van der Waals surface area contributed by atoms with E-state index < -0.39 is 24.7 Å². The molecule has 1 aromatic rings. The van der Waals surface area contributed by atoms with E-state index in [1.165, 1.54) is 0 Å². The van der Waals surface area contributed by atoms with Crippen LogP contribution in [0, 0.1) is 5.92 Å². The van der Waals surface area contributed by atoms with Gasteiger partial charge >= 0.3 is 12.2 Å². The van der Waals surface area contributed by atoms with Gasteiger partial charge in [-0.15, -0.1) is 10.2 Å². The highest BCUT2D eigenvalue weighted by atomic mass is 32.2. The summed E-state index contributed by atoms with van der Waals surface area (Å²) in [6.45, 7) is 5.74. The van der Waals surface area contributed by atoms with E-state index in [9.17, 15) is 22.8 Å². The van der Waals surface area contributed by atoms with Crippen molar-refractivity contribution >= 4 is 29.6 Å². The van der Waals surface area contributed by atoms with Gasteiger partial charge in [0.25, 0.3) is 0 Å². The van der Waals surface area contributed by atoms with Crippen molar-refractivity contribution < 1.29 is 27.5 Å². The molecule has 1 fully saturated rings. The number of ether oxygens (including phenoxy) is 1. The van der Waals surface area contributed by atoms with Gasteiger partial charge in [0.2, 0.25) is 11.9 Å². The van der Waals surface area contributed by atoms with E-state index in [-0.39, 0.29) is 5.75 Å². The first kappa shape index (κ1) is 22.3. The van der Waals surface area contributed by atoms with Crippen molar-refractivity contribution in [1.82, 2.24) is 25.4 Å². The molecule has 28 heavy (non-hydrogen) atoms. The van der Waals surface area contributed by atoms with E-state index in [1.54, 1.807) is 5.32 Å². The molecule has 2 rings (SSSR count). The largest absolute Gasteiger partial charge is 0.405 e. The second-order valence-electron chi connectivity index (χ2n) is 6.52.